The molecule has 0 radical (unpaired) electrons. The minimum absolute atomic E-state index is 0.110. The van der Waals surface area contributed by atoms with E-state index in [0.717, 1.165) is 18.4 Å². The first-order valence-corrected chi connectivity index (χ1v) is 7.69. The third kappa shape index (κ3) is 5.69. The quantitative estimate of drug-likeness (QED) is 0.412. The first-order chi connectivity index (χ1) is 10.5. The van der Waals surface area contributed by atoms with Gasteiger partial charge >= 0.3 is 13.1 Å². The Morgan fingerprint density at radius 1 is 1.36 bits per heavy atom. The van der Waals surface area contributed by atoms with Crippen molar-refractivity contribution in [3.05, 3.63) is 23.8 Å². The van der Waals surface area contributed by atoms with E-state index in [-0.39, 0.29) is 11.9 Å². The van der Waals surface area contributed by atoms with Gasteiger partial charge in [0.2, 0.25) is 0 Å². The smallest absolute Gasteiger partial charge is 0.488 e. The summed E-state index contributed by atoms with van der Waals surface area (Å²) >= 11 is 0. The van der Waals surface area contributed by atoms with Gasteiger partial charge in [-0.1, -0.05) is 32.4 Å². The minimum atomic E-state index is -1.52. The molecule has 0 amide bonds. The van der Waals surface area contributed by atoms with Crippen LogP contribution in [-0.2, 0) is 9.53 Å². The topological polar surface area (TPSA) is 76.0 Å². The van der Waals surface area contributed by atoms with Crippen molar-refractivity contribution in [3.8, 4) is 5.75 Å². The van der Waals surface area contributed by atoms with Gasteiger partial charge < -0.3 is 19.5 Å². The van der Waals surface area contributed by atoms with Crippen LogP contribution in [0.15, 0.2) is 18.2 Å². The van der Waals surface area contributed by atoms with Crippen LogP contribution in [0.1, 0.15) is 51.0 Å². The third-order valence-corrected chi connectivity index (χ3v) is 3.63. The molecule has 0 unspecified atom stereocenters. The Morgan fingerprint density at radius 3 is 2.68 bits per heavy atom. The normalized spacial score (nSPS) is 11.9. The lowest BCUT2D eigenvalue weighted by molar-refractivity contribution is -0.143. The van der Waals surface area contributed by atoms with Gasteiger partial charge in [-0.3, -0.25) is 4.79 Å². The van der Waals surface area contributed by atoms with Gasteiger partial charge in [-0.25, -0.2) is 0 Å². The van der Waals surface area contributed by atoms with Crippen molar-refractivity contribution in [1.82, 2.24) is 0 Å². The van der Waals surface area contributed by atoms with Gasteiger partial charge in [0.1, 0.15) is 5.75 Å². The lowest BCUT2D eigenvalue weighted by Crippen LogP contribution is -2.29. The molecule has 6 heteroatoms. The van der Waals surface area contributed by atoms with E-state index in [1.165, 1.54) is 7.11 Å². The Morgan fingerprint density at radius 2 is 2.09 bits per heavy atom. The number of carbonyl (C=O) groups is 1. The van der Waals surface area contributed by atoms with Crippen molar-refractivity contribution < 1.29 is 24.3 Å². The van der Waals surface area contributed by atoms with Crippen molar-refractivity contribution in [2.24, 2.45) is 0 Å². The number of benzene rings is 1. The molecule has 0 bridgehead atoms. The molecule has 0 aliphatic heterocycles. The van der Waals surface area contributed by atoms with Crippen LogP contribution in [0.2, 0.25) is 0 Å². The Balaban J connectivity index is 2.61. The minimum Gasteiger partial charge on any atom is -0.496 e. The zero-order valence-electron chi connectivity index (χ0n) is 13.5. The van der Waals surface area contributed by atoms with E-state index in [1.807, 2.05) is 6.92 Å². The molecule has 122 valence electrons. The summed E-state index contributed by atoms with van der Waals surface area (Å²) in [6, 6.07) is 5.06. The molecular formula is C16H25BO5. The number of hydrogen-bond acceptors (Lipinski definition) is 5. The zero-order valence-corrected chi connectivity index (χ0v) is 13.5. The number of esters is 1. The van der Waals surface area contributed by atoms with Gasteiger partial charge in [-0.05, 0) is 35.9 Å². The second-order valence-electron chi connectivity index (χ2n) is 5.39. The summed E-state index contributed by atoms with van der Waals surface area (Å²) in [6.45, 7) is 4.54. The summed E-state index contributed by atoms with van der Waals surface area (Å²) in [5.74, 6) is 0.526. The van der Waals surface area contributed by atoms with Crippen LogP contribution in [0.25, 0.3) is 0 Å². The average molecular weight is 308 g/mol. The van der Waals surface area contributed by atoms with Gasteiger partial charge in [0.25, 0.3) is 0 Å². The number of rotatable bonds is 9. The SMILES string of the molecule is CCCCOC(=O)CC[C@H](C)c1ccc(B(O)O)cc1OC. The first kappa shape index (κ1) is 18.5. The average Bonchev–Trinajstić information content (AvgIpc) is 2.52. The second-order valence-corrected chi connectivity index (χ2v) is 5.39. The highest BCUT2D eigenvalue weighted by Gasteiger charge is 2.18. The van der Waals surface area contributed by atoms with Crippen molar-refractivity contribution >= 4 is 18.6 Å². The number of hydrogen-bond donors (Lipinski definition) is 2. The molecule has 0 fully saturated rings. The Kier molecular flexibility index (Phi) is 7.99. The lowest BCUT2D eigenvalue weighted by Gasteiger charge is -2.16. The molecule has 0 aromatic heterocycles. The monoisotopic (exact) mass is 308 g/mol. The van der Waals surface area contributed by atoms with E-state index >= 15 is 0 Å². The first-order valence-electron chi connectivity index (χ1n) is 7.69. The van der Waals surface area contributed by atoms with Gasteiger partial charge in [-0.2, -0.15) is 0 Å². The second kappa shape index (κ2) is 9.48. The maximum absolute atomic E-state index is 11.6. The lowest BCUT2D eigenvalue weighted by atomic mass is 9.79. The fourth-order valence-corrected chi connectivity index (χ4v) is 2.19. The van der Waals surface area contributed by atoms with Crippen molar-refractivity contribution in [3.63, 3.8) is 0 Å². The molecule has 0 aliphatic rings. The van der Waals surface area contributed by atoms with E-state index in [9.17, 15) is 14.8 Å². The predicted octanol–water partition coefficient (Wildman–Crippen LogP) is 1.60. The molecule has 0 heterocycles. The zero-order chi connectivity index (χ0) is 16.5. The number of ether oxygens (including phenoxy) is 2. The van der Waals surface area contributed by atoms with Crippen LogP contribution in [-0.4, -0.2) is 36.9 Å². The van der Waals surface area contributed by atoms with E-state index in [1.54, 1.807) is 18.2 Å². The fourth-order valence-electron chi connectivity index (χ4n) is 2.19. The number of carbonyl (C=O) groups excluding carboxylic acids is 1. The summed E-state index contributed by atoms with van der Waals surface area (Å²) < 4.78 is 10.4. The predicted molar refractivity (Wildman–Crippen MR) is 86.3 cm³/mol. The summed E-state index contributed by atoms with van der Waals surface area (Å²) in [5, 5.41) is 18.4. The largest absolute Gasteiger partial charge is 0.496 e. The summed E-state index contributed by atoms with van der Waals surface area (Å²) in [6.07, 6.45) is 2.91. The van der Waals surface area contributed by atoms with Crippen molar-refractivity contribution in [2.45, 2.75) is 45.4 Å². The standard InChI is InChI=1S/C16H25BO5/c1-4-5-10-22-16(18)9-6-12(2)14-8-7-13(17(19)20)11-15(14)21-3/h7-8,11-12,19-20H,4-6,9-10H2,1-3H3/t12-/m0/s1. The molecule has 0 spiro atoms. The van der Waals surface area contributed by atoms with E-state index in [4.69, 9.17) is 9.47 Å². The Hall–Kier alpha value is -1.53. The Bertz CT molecular complexity index is 476. The molecule has 0 aliphatic carbocycles. The molecule has 1 rings (SSSR count). The van der Waals surface area contributed by atoms with Gasteiger partial charge in [0.15, 0.2) is 0 Å². The van der Waals surface area contributed by atoms with E-state index in [2.05, 4.69) is 6.92 Å². The van der Waals surface area contributed by atoms with Crippen LogP contribution < -0.4 is 10.2 Å². The summed E-state index contributed by atoms with van der Waals surface area (Å²) in [7, 11) is 0.0183. The highest BCUT2D eigenvalue weighted by molar-refractivity contribution is 6.58. The summed E-state index contributed by atoms with van der Waals surface area (Å²) in [5.41, 5.74) is 1.32. The number of unbranched alkanes of at least 4 members (excludes halogenated alkanes) is 1. The van der Waals surface area contributed by atoms with Crippen LogP contribution in [0.5, 0.6) is 5.75 Å². The van der Waals surface area contributed by atoms with Crippen LogP contribution in [0, 0.1) is 0 Å². The molecule has 1 atom stereocenters. The van der Waals surface area contributed by atoms with E-state index in [0.29, 0.717) is 30.7 Å². The molecule has 1 aromatic carbocycles. The van der Waals surface area contributed by atoms with Crippen LogP contribution >= 0.6 is 0 Å². The summed E-state index contributed by atoms with van der Waals surface area (Å²) in [4.78, 5) is 11.6. The van der Waals surface area contributed by atoms with Crippen molar-refractivity contribution in [2.75, 3.05) is 13.7 Å². The maximum Gasteiger partial charge on any atom is 0.488 e. The molecule has 0 saturated heterocycles. The van der Waals surface area contributed by atoms with Crippen LogP contribution in [0.4, 0.5) is 0 Å². The molecule has 2 N–H and O–H groups in total. The molecule has 0 saturated carbocycles. The van der Waals surface area contributed by atoms with Gasteiger partial charge in [0, 0.05) is 6.42 Å². The maximum atomic E-state index is 11.6. The van der Waals surface area contributed by atoms with Crippen LogP contribution in [0.3, 0.4) is 0 Å². The highest BCUT2D eigenvalue weighted by atomic mass is 16.5. The van der Waals surface area contributed by atoms with Crippen molar-refractivity contribution in [1.29, 1.82) is 0 Å². The van der Waals surface area contributed by atoms with E-state index < -0.39 is 7.12 Å². The fraction of sp³-hybridized carbons (Fsp3) is 0.562. The third-order valence-electron chi connectivity index (χ3n) is 3.63. The van der Waals surface area contributed by atoms with Gasteiger partial charge in [0.05, 0.1) is 13.7 Å². The molecule has 1 aromatic rings. The Labute approximate surface area is 132 Å². The van der Waals surface area contributed by atoms with Gasteiger partial charge in [-0.15, -0.1) is 0 Å². The highest BCUT2D eigenvalue weighted by Crippen LogP contribution is 2.28. The molecular weight excluding hydrogens is 283 g/mol. The number of methoxy groups -OCH3 is 1. The molecule has 5 nitrogen and oxygen atoms in total. The molecule has 22 heavy (non-hydrogen) atoms.